The molecule has 4 rings (SSSR count). The summed E-state index contributed by atoms with van der Waals surface area (Å²) < 4.78 is 1.85. The molecule has 2 aromatic carbocycles. The summed E-state index contributed by atoms with van der Waals surface area (Å²) in [5, 5.41) is 21.9. The average molecular weight is 336 g/mol. The number of thiocarbonyl (C=S) groups is 1. The Morgan fingerprint density at radius 1 is 1.08 bits per heavy atom. The molecule has 2 heterocycles. The summed E-state index contributed by atoms with van der Waals surface area (Å²) in [5.74, 6) is 1.06. The third kappa shape index (κ3) is 2.32. The molecule has 0 saturated heterocycles. The Kier molecular flexibility index (Phi) is 3.46. The minimum atomic E-state index is -0.243. The smallest absolute Gasteiger partial charge is 0.172 e. The molecule has 0 saturated carbocycles. The second-order valence-corrected chi connectivity index (χ2v) is 6.09. The second kappa shape index (κ2) is 5.65. The van der Waals surface area contributed by atoms with E-state index in [-0.39, 0.29) is 11.8 Å². The Morgan fingerprint density at radius 2 is 1.79 bits per heavy atom. The molecule has 1 aromatic heterocycles. The summed E-state index contributed by atoms with van der Waals surface area (Å²) in [4.78, 5) is 0. The third-order valence-electron chi connectivity index (χ3n) is 4.15. The molecule has 0 fully saturated rings. The Balaban J connectivity index is 1.91. The van der Waals surface area contributed by atoms with E-state index < -0.39 is 0 Å². The van der Waals surface area contributed by atoms with Crippen LogP contribution < -0.4 is 10.6 Å². The summed E-state index contributed by atoms with van der Waals surface area (Å²) in [7, 11) is 0. The number of nitrogens with one attached hydrogen (secondary N) is 2. The highest BCUT2D eigenvalue weighted by Gasteiger charge is 2.31. The van der Waals surface area contributed by atoms with Crippen LogP contribution >= 0.6 is 12.2 Å². The fourth-order valence-corrected chi connectivity index (χ4v) is 3.29. The molecule has 0 bridgehead atoms. The lowest BCUT2D eigenvalue weighted by molar-refractivity contribution is 0.463. The third-order valence-corrected chi connectivity index (χ3v) is 4.37. The molecule has 3 N–H and O–H groups in total. The van der Waals surface area contributed by atoms with E-state index in [1.807, 2.05) is 54.1 Å². The summed E-state index contributed by atoms with van der Waals surface area (Å²) >= 11 is 5.38. The number of rotatable bonds is 2. The fourth-order valence-electron chi connectivity index (χ4n) is 3.07. The zero-order valence-corrected chi connectivity index (χ0v) is 13.8. The summed E-state index contributed by atoms with van der Waals surface area (Å²) in [6, 6.07) is 16.9. The molecule has 1 aliphatic rings. The second-order valence-electron chi connectivity index (χ2n) is 5.69. The number of fused-ring (bicyclic) bond motifs is 1. The maximum Gasteiger partial charge on any atom is 0.172 e. The van der Waals surface area contributed by atoms with E-state index in [0.29, 0.717) is 5.11 Å². The van der Waals surface area contributed by atoms with Crippen LogP contribution in [0.15, 0.2) is 54.6 Å². The van der Waals surface area contributed by atoms with Crippen molar-refractivity contribution in [1.82, 2.24) is 15.1 Å². The first-order valence-electron chi connectivity index (χ1n) is 7.65. The van der Waals surface area contributed by atoms with Crippen molar-refractivity contribution in [3.05, 3.63) is 71.4 Å². The number of nitrogens with zero attached hydrogens (tertiary/aromatic N) is 2. The first-order chi connectivity index (χ1) is 11.6. The van der Waals surface area contributed by atoms with Gasteiger partial charge in [-0.3, -0.25) is 0 Å². The van der Waals surface area contributed by atoms with Crippen LogP contribution in [0.25, 0.3) is 5.69 Å². The van der Waals surface area contributed by atoms with Crippen LogP contribution in [0.1, 0.15) is 22.9 Å². The lowest BCUT2D eigenvalue weighted by Gasteiger charge is -2.28. The van der Waals surface area contributed by atoms with Crippen LogP contribution in [-0.4, -0.2) is 20.0 Å². The number of aromatic nitrogens is 2. The highest BCUT2D eigenvalue weighted by Crippen LogP contribution is 2.38. The number of phenols is 1. The normalized spacial score (nSPS) is 16.2. The number of anilines is 1. The number of benzene rings is 2. The van der Waals surface area contributed by atoms with Gasteiger partial charge in [0, 0.05) is 11.1 Å². The first-order valence-corrected chi connectivity index (χ1v) is 8.06. The summed E-state index contributed by atoms with van der Waals surface area (Å²) in [6.45, 7) is 1.96. The Morgan fingerprint density at radius 3 is 2.54 bits per heavy atom. The van der Waals surface area contributed by atoms with E-state index in [2.05, 4.69) is 15.7 Å². The Labute approximate surface area is 144 Å². The molecule has 0 radical (unpaired) electrons. The van der Waals surface area contributed by atoms with Gasteiger partial charge in [0.1, 0.15) is 11.6 Å². The molecule has 6 heteroatoms. The van der Waals surface area contributed by atoms with E-state index in [9.17, 15) is 5.11 Å². The van der Waals surface area contributed by atoms with Gasteiger partial charge in [0.25, 0.3) is 0 Å². The van der Waals surface area contributed by atoms with Gasteiger partial charge in [0.2, 0.25) is 0 Å². The monoisotopic (exact) mass is 336 g/mol. The molecule has 0 aliphatic carbocycles. The minimum absolute atomic E-state index is 0.234. The van der Waals surface area contributed by atoms with Crippen LogP contribution in [0.4, 0.5) is 5.82 Å². The highest BCUT2D eigenvalue weighted by atomic mass is 32.1. The standard InChI is InChI=1S/C18H16N4OS/c1-11-15-16(13-9-5-6-10-14(13)23)19-18(24)20-17(15)22(21-11)12-7-3-2-4-8-12/h2-10,16,23H,1H3,(H2,19,20,24). The average Bonchev–Trinajstić information content (AvgIpc) is 2.92. The van der Waals surface area contributed by atoms with Crippen molar-refractivity contribution in [2.24, 2.45) is 0 Å². The number of hydrogen-bond donors (Lipinski definition) is 3. The molecular weight excluding hydrogens is 320 g/mol. The molecule has 24 heavy (non-hydrogen) atoms. The van der Waals surface area contributed by atoms with Crippen molar-refractivity contribution in [2.45, 2.75) is 13.0 Å². The van der Waals surface area contributed by atoms with Gasteiger partial charge in [-0.25, -0.2) is 4.68 Å². The minimum Gasteiger partial charge on any atom is -0.508 e. The van der Waals surface area contributed by atoms with Gasteiger partial charge in [-0.2, -0.15) is 5.10 Å². The molecule has 0 amide bonds. The van der Waals surface area contributed by atoms with Crippen molar-refractivity contribution in [2.75, 3.05) is 5.32 Å². The zero-order valence-electron chi connectivity index (χ0n) is 13.0. The maximum atomic E-state index is 10.3. The van der Waals surface area contributed by atoms with Crippen molar-refractivity contribution in [1.29, 1.82) is 0 Å². The Hall–Kier alpha value is -2.86. The molecule has 120 valence electrons. The maximum absolute atomic E-state index is 10.3. The van der Waals surface area contributed by atoms with E-state index in [1.165, 1.54) is 0 Å². The van der Waals surface area contributed by atoms with Crippen molar-refractivity contribution in [3.63, 3.8) is 0 Å². The molecule has 3 aromatic rings. The number of para-hydroxylation sites is 2. The number of aryl methyl sites for hydroxylation is 1. The SMILES string of the molecule is Cc1nn(-c2ccccc2)c2c1C(c1ccccc1O)NC(=S)N2. The first kappa shape index (κ1) is 14.7. The lowest BCUT2D eigenvalue weighted by atomic mass is 9.96. The van der Waals surface area contributed by atoms with Gasteiger partial charge in [-0.05, 0) is 37.3 Å². The fraction of sp³-hybridized carbons (Fsp3) is 0.111. The molecule has 1 atom stereocenters. The van der Waals surface area contributed by atoms with Crippen LogP contribution in [0.3, 0.4) is 0 Å². The number of phenolic OH excluding ortho intramolecular Hbond substituents is 1. The number of aromatic hydroxyl groups is 1. The number of hydrogen-bond acceptors (Lipinski definition) is 3. The quantitative estimate of drug-likeness (QED) is 0.627. The van der Waals surface area contributed by atoms with Crippen LogP contribution in [0.5, 0.6) is 5.75 Å². The molecule has 1 unspecified atom stereocenters. The van der Waals surface area contributed by atoms with Crippen molar-refractivity contribution >= 4 is 23.1 Å². The van der Waals surface area contributed by atoms with Crippen LogP contribution in [0.2, 0.25) is 0 Å². The largest absolute Gasteiger partial charge is 0.508 e. The van der Waals surface area contributed by atoms with Crippen molar-refractivity contribution in [3.8, 4) is 11.4 Å². The lowest BCUT2D eigenvalue weighted by Crippen LogP contribution is -2.38. The van der Waals surface area contributed by atoms with Gasteiger partial charge in [-0.15, -0.1) is 0 Å². The van der Waals surface area contributed by atoms with Gasteiger partial charge >= 0.3 is 0 Å². The Bertz CT molecular complexity index is 920. The summed E-state index contributed by atoms with van der Waals surface area (Å²) in [6.07, 6.45) is 0. The van der Waals surface area contributed by atoms with E-state index >= 15 is 0 Å². The molecule has 5 nitrogen and oxygen atoms in total. The predicted octanol–water partition coefficient (Wildman–Crippen LogP) is 3.28. The van der Waals surface area contributed by atoms with E-state index in [4.69, 9.17) is 12.2 Å². The topological polar surface area (TPSA) is 62.1 Å². The van der Waals surface area contributed by atoms with Gasteiger partial charge in [0.05, 0.1) is 17.4 Å². The van der Waals surface area contributed by atoms with Crippen LogP contribution in [-0.2, 0) is 0 Å². The van der Waals surface area contributed by atoms with E-state index in [0.717, 1.165) is 28.3 Å². The zero-order chi connectivity index (χ0) is 16.7. The molecular formula is C18H16N4OS. The van der Waals surface area contributed by atoms with Crippen molar-refractivity contribution < 1.29 is 5.11 Å². The van der Waals surface area contributed by atoms with Gasteiger partial charge in [-0.1, -0.05) is 36.4 Å². The highest BCUT2D eigenvalue weighted by molar-refractivity contribution is 7.80. The van der Waals surface area contributed by atoms with E-state index in [1.54, 1.807) is 12.1 Å². The van der Waals surface area contributed by atoms with Gasteiger partial charge in [0.15, 0.2) is 5.11 Å². The predicted molar refractivity (Wildman–Crippen MR) is 97.6 cm³/mol. The molecule has 0 spiro atoms. The summed E-state index contributed by atoms with van der Waals surface area (Å²) in [5.41, 5.74) is 3.59. The van der Waals surface area contributed by atoms with Gasteiger partial charge < -0.3 is 15.7 Å². The molecule has 1 aliphatic heterocycles. The van der Waals surface area contributed by atoms with Crippen LogP contribution in [0, 0.1) is 6.92 Å².